The number of nitrogens with two attached hydrogens (primary N) is 1. The average Bonchev–Trinajstić information content (AvgIpc) is 2.61. The molecule has 1 aromatic carbocycles. The van der Waals surface area contributed by atoms with Gasteiger partial charge in [-0.05, 0) is 36.2 Å². The van der Waals surface area contributed by atoms with Crippen LogP contribution < -0.4 is 10.5 Å². The minimum atomic E-state index is 0.478. The Hall–Kier alpha value is -1.55. The van der Waals surface area contributed by atoms with Gasteiger partial charge in [-0.25, -0.2) is 0 Å². The summed E-state index contributed by atoms with van der Waals surface area (Å²) in [5.41, 5.74) is 7.84. The van der Waals surface area contributed by atoms with Crippen LogP contribution in [0.1, 0.15) is 11.1 Å². The topological polar surface area (TPSA) is 48.1 Å². The molecule has 1 heterocycles. The van der Waals surface area contributed by atoms with Crippen molar-refractivity contribution in [1.82, 2.24) is 4.37 Å². The van der Waals surface area contributed by atoms with Gasteiger partial charge in [0.25, 0.3) is 0 Å². The van der Waals surface area contributed by atoms with E-state index < -0.39 is 0 Å². The molecule has 0 bridgehead atoms. The Balaban J connectivity index is 2.02. The lowest BCUT2D eigenvalue weighted by Gasteiger charge is -2.05. The molecule has 0 atom stereocenters. The molecule has 3 nitrogen and oxygen atoms in total. The molecule has 0 unspecified atom stereocenters. The Labute approximate surface area is 92.7 Å². The van der Waals surface area contributed by atoms with E-state index in [4.69, 9.17) is 10.5 Å². The minimum absolute atomic E-state index is 0.478. The van der Waals surface area contributed by atoms with E-state index >= 15 is 0 Å². The second-order valence-electron chi connectivity index (χ2n) is 3.32. The number of anilines is 1. The average molecular weight is 220 g/mol. The quantitative estimate of drug-likeness (QED) is 0.865. The van der Waals surface area contributed by atoms with Gasteiger partial charge >= 0.3 is 0 Å². The van der Waals surface area contributed by atoms with Gasteiger partial charge in [-0.3, -0.25) is 0 Å². The third-order valence-electron chi connectivity index (χ3n) is 2.06. The highest BCUT2D eigenvalue weighted by atomic mass is 32.1. The first-order valence-corrected chi connectivity index (χ1v) is 5.41. The van der Waals surface area contributed by atoms with E-state index in [2.05, 4.69) is 4.37 Å². The number of rotatable bonds is 3. The lowest BCUT2D eigenvalue weighted by atomic mass is 10.2. The van der Waals surface area contributed by atoms with E-state index in [1.54, 1.807) is 6.20 Å². The largest absolute Gasteiger partial charge is 0.489 e. The molecule has 0 radical (unpaired) electrons. The molecule has 0 amide bonds. The maximum atomic E-state index is 5.71. The summed E-state index contributed by atoms with van der Waals surface area (Å²) in [4.78, 5) is 0. The van der Waals surface area contributed by atoms with Crippen LogP contribution >= 0.6 is 11.5 Å². The molecular formula is C11H12N2OS. The fraction of sp³-hybridized carbons (Fsp3) is 0.182. The predicted octanol–water partition coefficient (Wildman–Crippen LogP) is 2.61. The molecule has 2 N–H and O–H groups in total. The van der Waals surface area contributed by atoms with Crippen molar-refractivity contribution in [2.75, 3.05) is 5.73 Å². The number of nitrogen functional groups attached to an aromatic ring is 1. The summed E-state index contributed by atoms with van der Waals surface area (Å²) in [6.45, 7) is 2.51. The first kappa shape index (κ1) is 9.98. The van der Waals surface area contributed by atoms with Gasteiger partial charge in [-0.2, -0.15) is 4.37 Å². The fourth-order valence-electron chi connectivity index (χ4n) is 1.24. The summed E-state index contributed by atoms with van der Waals surface area (Å²) in [6, 6.07) is 7.94. The maximum Gasteiger partial charge on any atom is 0.120 e. The van der Waals surface area contributed by atoms with E-state index in [0.717, 1.165) is 16.3 Å². The molecular weight excluding hydrogens is 208 g/mol. The zero-order chi connectivity index (χ0) is 10.7. The van der Waals surface area contributed by atoms with Crippen molar-refractivity contribution in [3.63, 3.8) is 0 Å². The van der Waals surface area contributed by atoms with E-state index in [0.29, 0.717) is 6.61 Å². The van der Waals surface area contributed by atoms with Crippen molar-refractivity contribution < 1.29 is 4.74 Å². The van der Waals surface area contributed by atoms with Gasteiger partial charge in [-0.15, -0.1) is 0 Å². The molecule has 0 fully saturated rings. The van der Waals surface area contributed by atoms with Gasteiger partial charge in [0.2, 0.25) is 0 Å². The number of benzene rings is 1. The van der Waals surface area contributed by atoms with Crippen LogP contribution in [0, 0.1) is 6.92 Å². The second-order valence-corrected chi connectivity index (χ2v) is 4.15. The first-order chi connectivity index (χ1) is 7.25. The van der Waals surface area contributed by atoms with Crippen molar-refractivity contribution >= 4 is 16.5 Å². The lowest BCUT2D eigenvalue weighted by molar-refractivity contribution is 0.307. The number of hydrogen-bond donors (Lipinski definition) is 1. The zero-order valence-electron chi connectivity index (χ0n) is 8.43. The molecule has 0 spiro atoms. The molecule has 0 saturated heterocycles. The van der Waals surface area contributed by atoms with Crippen LogP contribution in [0.15, 0.2) is 30.5 Å². The Morgan fingerprint density at radius 2 is 2.33 bits per heavy atom. The first-order valence-electron chi connectivity index (χ1n) is 4.64. The summed E-state index contributed by atoms with van der Waals surface area (Å²) < 4.78 is 9.59. The van der Waals surface area contributed by atoms with Crippen molar-refractivity contribution in [3.8, 4) is 5.75 Å². The van der Waals surface area contributed by atoms with Crippen LogP contribution in [0.25, 0.3) is 0 Å². The summed E-state index contributed by atoms with van der Waals surface area (Å²) in [6.07, 6.45) is 1.75. The van der Waals surface area contributed by atoms with E-state index in [1.165, 1.54) is 17.1 Å². The monoisotopic (exact) mass is 220 g/mol. The Morgan fingerprint density at radius 3 is 3.00 bits per heavy atom. The number of hydrogen-bond acceptors (Lipinski definition) is 4. The van der Waals surface area contributed by atoms with Crippen molar-refractivity contribution in [2.24, 2.45) is 0 Å². The fourth-order valence-corrected chi connectivity index (χ4v) is 1.77. The molecule has 4 heteroatoms. The molecule has 15 heavy (non-hydrogen) atoms. The Bertz CT molecular complexity index is 453. The van der Waals surface area contributed by atoms with E-state index in [9.17, 15) is 0 Å². The third kappa shape index (κ3) is 2.47. The van der Waals surface area contributed by atoms with Crippen LogP contribution in [0.3, 0.4) is 0 Å². The number of nitrogens with zero attached hydrogens (tertiary/aromatic N) is 1. The number of aromatic nitrogens is 1. The number of ether oxygens (including phenoxy) is 1. The third-order valence-corrected chi connectivity index (χ3v) is 2.73. The molecule has 0 aliphatic carbocycles. The van der Waals surface area contributed by atoms with Gasteiger partial charge in [-0.1, -0.05) is 12.1 Å². The summed E-state index contributed by atoms with van der Waals surface area (Å²) in [5, 5.41) is 0.725. The van der Waals surface area contributed by atoms with E-state index in [-0.39, 0.29) is 0 Å². The van der Waals surface area contributed by atoms with Crippen LogP contribution in [-0.2, 0) is 6.61 Å². The maximum absolute atomic E-state index is 5.71. The van der Waals surface area contributed by atoms with Gasteiger partial charge in [0.15, 0.2) is 0 Å². The molecule has 78 valence electrons. The van der Waals surface area contributed by atoms with Crippen molar-refractivity contribution in [2.45, 2.75) is 13.5 Å². The predicted molar refractivity (Wildman–Crippen MR) is 62.0 cm³/mol. The van der Waals surface area contributed by atoms with Gasteiger partial charge < -0.3 is 10.5 Å². The Kier molecular flexibility index (Phi) is 2.87. The summed E-state index contributed by atoms with van der Waals surface area (Å²) in [5.74, 6) is 0.862. The van der Waals surface area contributed by atoms with Crippen LogP contribution in [0.4, 0.5) is 5.00 Å². The molecule has 1 aromatic heterocycles. The Morgan fingerprint density at radius 1 is 1.47 bits per heavy atom. The highest BCUT2D eigenvalue weighted by molar-refractivity contribution is 7.10. The standard InChI is InChI=1S/C11H12N2OS/c1-8-3-2-4-10(5-8)14-7-9-6-13-15-11(9)12/h2-6H,7,12H2,1H3. The van der Waals surface area contributed by atoms with Crippen LogP contribution in [0.5, 0.6) is 5.75 Å². The summed E-state index contributed by atoms with van der Waals surface area (Å²) in [7, 11) is 0. The van der Waals surface area contributed by atoms with Crippen molar-refractivity contribution in [3.05, 3.63) is 41.6 Å². The van der Waals surface area contributed by atoms with Crippen LogP contribution in [-0.4, -0.2) is 4.37 Å². The molecule has 0 aliphatic heterocycles. The number of aryl methyl sites for hydroxylation is 1. The lowest BCUT2D eigenvalue weighted by Crippen LogP contribution is -1.96. The van der Waals surface area contributed by atoms with Gasteiger partial charge in [0.1, 0.15) is 17.4 Å². The summed E-state index contributed by atoms with van der Waals surface area (Å²) >= 11 is 1.29. The highest BCUT2D eigenvalue weighted by Gasteiger charge is 2.02. The van der Waals surface area contributed by atoms with E-state index in [1.807, 2.05) is 31.2 Å². The molecule has 0 aliphatic rings. The molecule has 2 rings (SSSR count). The van der Waals surface area contributed by atoms with Gasteiger partial charge in [0.05, 0.1) is 0 Å². The highest BCUT2D eigenvalue weighted by Crippen LogP contribution is 2.19. The normalized spacial score (nSPS) is 10.2. The molecule has 2 aromatic rings. The van der Waals surface area contributed by atoms with Crippen molar-refractivity contribution in [1.29, 1.82) is 0 Å². The molecule has 0 saturated carbocycles. The second kappa shape index (κ2) is 4.31. The zero-order valence-corrected chi connectivity index (χ0v) is 9.25. The minimum Gasteiger partial charge on any atom is -0.489 e. The van der Waals surface area contributed by atoms with Crippen LogP contribution in [0.2, 0.25) is 0 Å². The SMILES string of the molecule is Cc1cccc(OCc2cnsc2N)c1. The van der Waals surface area contributed by atoms with Gasteiger partial charge in [0, 0.05) is 11.8 Å². The smallest absolute Gasteiger partial charge is 0.120 e.